The summed E-state index contributed by atoms with van der Waals surface area (Å²) in [4.78, 5) is 0. The van der Waals surface area contributed by atoms with Crippen LogP contribution in [0.5, 0.6) is 0 Å². The molecule has 0 N–H and O–H groups in total. The molecular formula is C4H8O2P+. The molecule has 0 rings (SSSR count). The summed E-state index contributed by atoms with van der Waals surface area (Å²) in [6.07, 6.45) is 2.02. The predicted molar refractivity (Wildman–Crippen MR) is 29.7 cm³/mol. The summed E-state index contributed by atoms with van der Waals surface area (Å²) in [5, 5.41) is 0. The van der Waals surface area contributed by atoms with E-state index in [0.29, 0.717) is 6.16 Å². The van der Waals surface area contributed by atoms with Crippen molar-refractivity contribution in [1.82, 2.24) is 0 Å². The van der Waals surface area contributed by atoms with E-state index in [-0.39, 0.29) is 0 Å². The molecule has 1 unspecified atom stereocenters. The highest BCUT2D eigenvalue weighted by atomic mass is 31.1. The van der Waals surface area contributed by atoms with Crippen LogP contribution >= 0.6 is 8.03 Å². The topological polar surface area (TPSA) is 26.3 Å². The minimum absolute atomic E-state index is 0.450. The summed E-state index contributed by atoms with van der Waals surface area (Å²) in [5.41, 5.74) is 0. The maximum atomic E-state index is 10.3. The van der Waals surface area contributed by atoms with Crippen LogP contribution in [0.15, 0.2) is 12.7 Å². The van der Waals surface area contributed by atoms with Crippen LogP contribution in [0.3, 0.4) is 0 Å². The van der Waals surface area contributed by atoms with Gasteiger partial charge in [-0.1, -0.05) is 6.58 Å². The first-order valence-electron chi connectivity index (χ1n) is 1.91. The molecule has 0 aromatic carbocycles. The van der Waals surface area contributed by atoms with Crippen molar-refractivity contribution >= 4 is 8.03 Å². The Morgan fingerprint density at radius 3 is 2.71 bits per heavy atom. The van der Waals surface area contributed by atoms with E-state index in [1.165, 1.54) is 7.11 Å². The summed E-state index contributed by atoms with van der Waals surface area (Å²) in [6, 6.07) is 0. The molecular weight excluding hydrogens is 111 g/mol. The standard InChI is InChI=1S/C4H8O2P/c1-3-4-7(5)6-2/h3H,1,4H2,2H3/q+1. The lowest BCUT2D eigenvalue weighted by molar-refractivity contribution is 0.417. The molecule has 0 aliphatic heterocycles. The second-order valence-corrected chi connectivity index (χ2v) is 2.38. The normalized spacial score (nSPS) is 10.7. The number of hydrogen-bond acceptors (Lipinski definition) is 2. The number of hydrogen-bond donors (Lipinski definition) is 0. The molecule has 0 bridgehead atoms. The quantitative estimate of drug-likeness (QED) is 0.416. The summed E-state index contributed by atoms with van der Waals surface area (Å²) in [7, 11) is -0.0276. The van der Waals surface area contributed by atoms with Crippen LogP contribution in [0.25, 0.3) is 0 Å². The van der Waals surface area contributed by atoms with E-state index in [4.69, 9.17) is 0 Å². The molecule has 0 aliphatic carbocycles. The van der Waals surface area contributed by atoms with Crippen molar-refractivity contribution in [3.05, 3.63) is 12.7 Å². The Balaban J connectivity index is 3.17. The van der Waals surface area contributed by atoms with Gasteiger partial charge in [-0.05, 0) is 10.6 Å². The highest BCUT2D eigenvalue weighted by molar-refractivity contribution is 7.39. The van der Waals surface area contributed by atoms with E-state index in [1.807, 2.05) is 0 Å². The first-order chi connectivity index (χ1) is 3.31. The Hall–Kier alpha value is -0.200. The fourth-order valence-corrected chi connectivity index (χ4v) is 0.540. The Morgan fingerprint density at radius 1 is 2.00 bits per heavy atom. The van der Waals surface area contributed by atoms with E-state index in [0.717, 1.165) is 0 Å². The zero-order valence-electron chi connectivity index (χ0n) is 4.26. The van der Waals surface area contributed by atoms with Gasteiger partial charge in [-0.2, -0.15) is 0 Å². The van der Waals surface area contributed by atoms with Crippen LogP contribution in [0.2, 0.25) is 0 Å². The zero-order chi connectivity index (χ0) is 5.70. The average Bonchev–Trinajstić information content (AvgIpc) is 1.68. The first kappa shape index (κ1) is 6.80. The Morgan fingerprint density at radius 2 is 2.57 bits per heavy atom. The van der Waals surface area contributed by atoms with Gasteiger partial charge >= 0.3 is 8.03 Å². The minimum atomic E-state index is -1.45. The lowest BCUT2D eigenvalue weighted by Crippen LogP contribution is -1.69. The third kappa shape index (κ3) is 3.64. The van der Waals surface area contributed by atoms with Crippen molar-refractivity contribution in [2.24, 2.45) is 0 Å². The van der Waals surface area contributed by atoms with Gasteiger partial charge in [0.05, 0.1) is 7.11 Å². The maximum Gasteiger partial charge on any atom is 0.511 e. The van der Waals surface area contributed by atoms with Crippen LogP contribution in [-0.2, 0) is 9.09 Å². The molecule has 1 atom stereocenters. The van der Waals surface area contributed by atoms with E-state index in [2.05, 4.69) is 11.1 Å². The van der Waals surface area contributed by atoms with Crippen LogP contribution in [-0.4, -0.2) is 13.3 Å². The number of rotatable bonds is 3. The van der Waals surface area contributed by atoms with Crippen molar-refractivity contribution < 1.29 is 9.09 Å². The molecule has 3 heteroatoms. The van der Waals surface area contributed by atoms with Crippen LogP contribution in [0.1, 0.15) is 0 Å². The molecule has 0 fully saturated rings. The summed E-state index contributed by atoms with van der Waals surface area (Å²) >= 11 is 0. The highest BCUT2D eigenvalue weighted by Gasteiger charge is 2.08. The van der Waals surface area contributed by atoms with Crippen molar-refractivity contribution in [3.8, 4) is 0 Å². The third-order valence-corrected chi connectivity index (χ3v) is 1.45. The lowest BCUT2D eigenvalue weighted by Gasteiger charge is -1.69. The second-order valence-electron chi connectivity index (χ2n) is 0.987. The molecule has 0 heterocycles. The summed E-state index contributed by atoms with van der Waals surface area (Å²) in [5.74, 6) is 0. The van der Waals surface area contributed by atoms with Gasteiger partial charge in [0.2, 0.25) is 0 Å². The predicted octanol–water partition coefficient (Wildman–Crippen LogP) is 1.56. The lowest BCUT2D eigenvalue weighted by atomic mass is 10.8. The monoisotopic (exact) mass is 119 g/mol. The van der Waals surface area contributed by atoms with Gasteiger partial charge < -0.3 is 0 Å². The molecule has 7 heavy (non-hydrogen) atoms. The Bertz CT molecular complexity index is 79.8. The average molecular weight is 119 g/mol. The maximum absolute atomic E-state index is 10.3. The molecule has 0 saturated heterocycles. The molecule has 0 spiro atoms. The zero-order valence-corrected chi connectivity index (χ0v) is 5.15. The molecule has 0 amide bonds. The fourth-order valence-electron chi connectivity index (χ4n) is 0.180. The van der Waals surface area contributed by atoms with Crippen molar-refractivity contribution in [2.45, 2.75) is 0 Å². The van der Waals surface area contributed by atoms with Gasteiger partial charge in [-0.3, -0.25) is 0 Å². The highest BCUT2D eigenvalue weighted by Crippen LogP contribution is 2.18. The van der Waals surface area contributed by atoms with E-state index in [1.54, 1.807) is 6.08 Å². The third-order valence-electron chi connectivity index (χ3n) is 0.482. The van der Waals surface area contributed by atoms with Crippen molar-refractivity contribution in [1.29, 1.82) is 0 Å². The smallest absolute Gasteiger partial charge is 0.149 e. The van der Waals surface area contributed by atoms with Crippen molar-refractivity contribution in [3.63, 3.8) is 0 Å². The number of allylic oxidation sites excluding steroid dienone is 1. The van der Waals surface area contributed by atoms with Crippen molar-refractivity contribution in [2.75, 3.05) is 13.3 Å². The van der Waals surface area contributed by atoms with Gasteiger partial charge in [0.1, 0.15) is 0 Å². The van der Waals surface area contributed by atoms with Gasteiger partial charge in [-0.15, -0.1) is 4.52 Å². The summed E-state index contributed by atoms with van der Waals surface area (Å²) < 4.78 is 14.7. The van der Waals surface area contributed by atoms with Crippen LogP contribution in [0.4, 0.5) is 0 Å². The molecule has 0 aromatic heterocycles. The summed E-state index contributed by atoms with van der Waals surface area (Å²) in [6.45, 7) is 3.38. The molecule has 0 aliphatic rings. The van der Waals surface area contributed by atoms with Gasteiger partial charge in [0, 0.05) is 0 Å². The van der Waals surface area contributed by atoms with Gasteiger partial charge in [0.25, 0.3) is 0 Å². The van der Waals surface area contributed by atoms with E-state index < -0.39 is 8.03 Å². The molecule has 0 radical (unpaired) electrons. The van der Waals surface area contributed by atoms with E-state index >= 15 is 0 Å². The Kier molecular flexibility index (Phi) is 3.86. The SMILES string of the molecule is C=CC[P+](=O)OC. The molecule has 40 valence electrons. The molecule has 0 aromatic rings. The largest absolute Gasteiger partial charge is 0.511 e. The van der Waals surface area contributed by atoms with E-state index in [9.17, 15) is 4.57 Å². The molecule has 2 nitrogen and oxygen atoms in total. The second kappa shape index (κ2) is 3.97. The van der Waals surface area contributed by atoms with Crippen LogP contribution < -0.4 is 0 Å². The van der Waals surface area contributed by atoms with Gasteiger partial charge in [0.15, 0.2) is 6.16 Å². The van der Waals surface area contributed by atoms with Gasteiger partial charge in [-0.25, -0.2) is 0 Å². The van der Waals surface area contributed by atoms with Crippen LogP contribution in [0, 0.1) is 0 Å². The Labute approximate surface area is 44.0 Å². The minimum Gasteiger partial charge on any atom is -0.149 e. The fraction of sp³-hybridized carbons (Fsp3) is 0.500. The first-order valence-corrected chi connectivity index (χ1v) is 3.27. The molecule has 0 saturated carbocycles.